The van der Waals surface area contributed by atoms with E-state index in [1.807, 2.05) is 32.0 Å². The third kappa shape index (κ3) is 3.84. The summed E-state index contributed by atoms with van der Waals surface area (Å²) in [5.74, 6) is -1.67. The van der Waals surface area contributed by atoms with Gasteiger partial charge in [0.05, 0.1) is 0 Å². The second-order valence-electron chi connectivity index (χ2n) is 7.18. The number of benzene rings is 1. The van der Waals surface area contributed by atoms with E-state index >= 15 is 0 Å². The molecule has 3 aromatic rings. The van der Waals surface area contributed by atoms with Crippen molar-refractivity contribution in [3.8, 4) is 0 Å². The summed E-state index contributed by atoms with van der Waals surface area (Å²) in [6.07, 6.45) is 0. The Kier molecular flexibility index (Phi) is 5.40. The van der Waals surface area contributed by atoms with Gasteiger partial charge in [0.15, 0.2) is 6.61 Å². The van der Waals surface area contributed by atoms with Crippen molar-refractivity contribution in [1.29, 1.82) is 0 Å². The van der Waals surface area contributed by atoms with Crippen LogP contribution in [0.25, 0.3) is 10.9 Å². The van der Waals surface area contributed by atoms with Crippen LogP contribution in [0.2, 0.25) is 0 Å². The molecule has 29 heavy (non-hydrogen) atoms. The maximum Gasteiger partial charge on any atom is 0.355 e. The molecular weight excluding hydrogens is 376 g/mol. The molecule has 0 aliphatic carbocycles. The lowest BCUT2D eigenvalue weighted by molar-refractivity contribution is 0.0469. The van der Waals surface area contributed by atoms with Crippen LogP contribution in [0.5, 0.6) is 0 Å². The highest BCUT2D eigenvalue weighted by molar-refractivity contribution is 6.02. The molecule has 0 atom stereocenters. The second kappa shape index (κ2) is 7.78. The van der Waals surface area contributed by atoms with Crippen LogP contribution < -0.4 is 17.0 Å². The number of ether oxygens (including phenoxy) is 1. The number of carbonyl (C=O) groups excluding carboxylic acids is 2. The molecule has 2 heterocycles. The fourth-order valence-electron chi connectivity index (χ4n) is 3.05. The number of Topliss-reactive ketones (excluding diaryl/α,β-unsaturated/α-hetero) is 1. The highest BCUT2D eigenvalue weighted by atomic mass is 16.5. The third-order valence-electron chi connectivity index (χ3n) is 4.49. The maximum atomic E-state index is 12.6. The number of carbonyl (C=O) groups is 2. The van der Waals surface area contributed by atoms with E-state index in [2.05, 4.69) is 4.98 Å². The number of anilines is 1. The standard InChI is InChI=1S/C20H22N4O5/c1-11(2)9-24-17(21)16(18(26)23(3)20(24)28)15(25)10-29-19(27)14-8-12-6-4-5-7-13(12)22-14/h4-8,11,22H,9-10,21H2,1-3H3. The summed E-state index contributed by atoms with van der Waals surface area (Å²) in [7, 11) is 1.27. The number of fused-ring (bicyclic) bond motifs is 1. The van der Waals surface area contributed by atoms with Crippen LogP contribution in [-0.4, -0.2) is 32.5 Å². The molecule has 0 aliphatic rings. The van der Waals surface area contributed by atoms with Crippen molar-refractivity contribution in [3.63, 3.8) is 0 Å². The smallest absolute Gasteiger partial charge is 0.355 e. The molecule has 9 heteroatoms. The summed E-state index contributed by atoms with van der Waals surface area (Å²) < 4.78 is 7.07. The monoisotopic (exact) mass is 398 g/mol. The van der Waals surface area contributed by atoms with Crippen LogP contribution in [0, 0.1) is 5.92 Å². The topological polar surface area (TPSA) is 129 Å². The predicted molar refractivity (Wildman–Crippen MR) is 108 cm³/mol. The average molecular weight is 398 g/mol. The van der Waals surface area contributed by atoms with Crippen LogP contribution in [-0.2, 0) is 18.3 Å². The van der Waals surface area contributed by atoms with E-state index in [1.54, 1.807) is 12.1 Å². The number of aromatic nitrogens is 3. The van der Waals surface area contributed by atoms with Crippen LogP contribution in [0.1, 0.15) is 34.7 Å². The SMILES string of the molecule is CC(C)Cn1c(N)c(C(=O)COC(=O)c2cc3ccccc3[nH]2)c(=O)n(C)c1=O. The Bertz CT molecular complexity index is 1180. The quantitative estimate of drug-likeness (QED) is 0.476. The summed E-state index contributed by atoms with van der Waals surface area (Å²) in [5, 5.41) is 0.824. The number of nitrogens with one attached hydrogen (secondary N) is 1. The molecule has 152 valence electrons. The molecule has 0 aliphatic heterocycles. The van der Waals surface area contributed by atoms with Gasteiger partial charge in [-0.2, -0.15) is 0 Å². The molecule has 3 rings (SSSR count). The summed E-state index contributed by atoms with van der Waals surface area (Å²) in [5.41, 5.74) is 5.11. The van der Waals surface area contributed by atoms with E-state index in [4.69, 9.17) is 10.5 Å². The first-order valence-electron chi connectivity index (χ1n) is 9.08. The second-order valence-corrected chi connectivity index (χ2v) is 7.18. The molecule has 0 radical (unpaired) electrons. The lowest BCUT2D eigenvalue weighted by Gasteiger charge is -2.16. The molecule has 0 amide bonds. The van der Waals surface area contributed by atoms with E-state index in [-0.39, 0.29) is 29.5 Å². The molecule has 0 saturated carbocycles. The van der Waals surface area contributed by atoms with Gasteiger partial charge in [0, 0.05) is 24.5 Å². The number of H-pyrrole nitrogens is 1. The predicted octanol–water partition coefficient (Wildman–Crippen LogP) is 1.31. The number of nitrogens with two attached hydrogens (primary N) is 1. The van der Waals surface area contributed by atoms with E-state index < -0.39 is 29.6 Å². The number of hydrogen-bond acceptors (Lipinski definition) is 6. The summed E-state index contributed by atoms with van der Waals surface area (Å²) in [6.45, 7) is 3.32. The number of nitrogens with zero attached hydrogens (tertiary/aromatic N) is 2. The van der Waals surface area contributed by atoms with E-state index in [1.165, 1.54) is 11.6 Å². The number of para-hydroxylation sites is 1. The van der Waals surface area contributed by atoms with Crippen LogP contribution in [0.15, 0.2) is 39.9 Å². The minimum atomic E-state index is -0.820. The number of rotatable bonds is 6. The van der Waals surface area contributed by atoms with Crippen LogP contribution >= 0.6 is 0 Å². The minimum Gasteiger partial charge on any atom is -0.453 e. The van der Waals surface area contributed by atoms with Crippen molar-refractivity contribution in [3.05, 3.63) is 62.4 Å². The highest BCUT2D eigenvalue weighted by Crippen LogP contribution is 2.15. The molecule has 2 aromatic heterocycles. The number of ketones is 1. The third-order valence-corrected chi connectivity index (χ3v) is 4.49. The zero-order valence-electron chi connectivity index (χ0n) is 16.4. The van der Waals surface area contributed by atoms with E-state index in [0.29, 0.717) is 0 Å². The molecule has 1 aromatic carbocycles. The molecule has 3 N–H and O–H groups in total. The van der Waals surface area contributed by atoms with Crippen molar-refractivity contribution >= 4 is 28.5 Å². The lowest BCUT2D eigenvalue weighted by atomic mass is 10.1. The number of hydrogen-bond donors (Lipinski definition) is 2. The summed E-state index contributed by atoms with van der Waals surface area (Å²) >= 11 is 0. The van der Waals surface area contributed by atoms with Gasteiger partial charge in [-0.3, -0.25) is 18.7 Å². The average Bonchev–Trinajstić information content (AvgIpc) is 3.12. The Morgan fingerprint density at radius 3 is 2.55 bits per heavy atom. The van der Waals surface area contributed by atoms with E-state index in [9.17, 15) is 19.2 Å². The van der Waals surface area contributed by atoms with Gasteiger partial charge in [0.25, 0.3) is 5.56 Å². The van der Waals surface area contributed by atoms with Gasteiger partial charge < -0.3 is 15.5 Å². The Hall–Kier alpha value is -3.62. The molecule has 0 bridgehead atoms. The Balaban J connectivity index is 1.85. The molecule has 0 fully saturated rings. The molecule has 9 nitrogen and oxygen atoms in total. The fraction of sp³-hybridized carbons (Fsp3) is 0.300. The first kappa shape index (κ1) is 20.1. The van der Waals surface area contributed by atoms with E-state index in [0.717, 1.165) is 15.5 Å². The first-order chi connectivity index (χ1) is 13.7. The van der Waals surface area contributed by atoms with Crippen molar-refractivity contribution in [2.24, 2.45) is 13.0 Å². The number of nitrogen functional groups attached to an aromatic ring is 1. The molecular formula is C20H22N4O5. The van der Waals surface area contributed by atoms with Gasteiger partial charge in [-0.25, -0.2) is 9.59 Å². The van der Waals surface area contributed by atoms with Crippen molar-refractivity contribution < 1.29 is 14.3 Å². The zero-order valence-corrected chi connectivity index (χ0v) is 16.4. The van der Waals surface area contributed by atoms with Crippen molar-refractivity contribution in [2.75, 3.05) is 12.3 Å². The Morgan fingerprint density at radius 2 is 1.90 bits per heavy atom. The largest absolute Gasteiger partial charge is 0.453 e. The Labute approximate surface area is 165 Å². The number of aromatic amines is 1. The fourth-order valence-corrected chi connectivity index (χ4v) is 3.05. The van der Waals surface area contributed by atoms with Crippen molar-refractivity contribution in [2.45, 2.75) is 20.4 Å². The Morgan fingerprint density at radius 1 is 1.21 bits per heavy atom. The summed E-state index contributed by atoms with van der Waals surface area (Å²) in [4.78, 5) is 52.5. The van der Waals surface area contributed by atoms with Gasteiger partial charge in [0.1, 0.15) is 17.1 Å². The van der Waals surface area contributed by atoms with Gasteiger partial charge in [-0.1, -0.05) is 32.0 Å². The van der Waals surface area contributed by atoms with Crippen LogP contribution in [0.3, 0.4) is 0 Å². The normalized spacial score (nSPS) is 11.2. The first-order valence-corrected chi connectivity index (χ1v) is 9.08. The zero-order chi connectivity index (χ0) is 21.3. The van der Waals surface area contributed by atoms with Crippen molar-refractivity contribution in [1.82, 2.24) is 14.1 Å². The highest BCUT2D eigenvalue weighted by Gasteiger charge is 2.23. The number of esters is 1. The maximum absolute atomic E-state index is 12.6. The molecule has 0 spiro atoms. The summed E-state index contributed by atoms with van der Waals surface area (Å²) in [6, 6.07) is 8.90. The van der Waals surface area contributed by atoms with Gasteiger partial charge >= 0.3 is 11.7 Å². The molecule has 0 saturated heterocycles. The molecule has 0 unspecified atom stereocenters. The van der Waals surface area contributed by atoms with Crippen LogP contribution in [0.4, 0.5) is 5.82 Å². The lowest BCUT2D eigenvalue weighted by Crippen LogP contribution is -2.43. The van der Waals surface area contributed by atoms with Gasteiger partial charge in [-0.05, 0) is 18.1 Å². The van der Waals surface area contributed by atoms with Gasteiger partial charge in [-0.15, -0.1) is 0 Å². The minimum absolute atomic E-state index is 0.0651. The van der Waals surface area contributed by atoms with Gasteiger partial charge in [0.2, 0.25) is 5.78 Å².